The lowest BCUT2D eigenvalue weighted by molar-refractivity contribution is -0.128. The Bertz CT molecular complexity index is 876. The van der Waals surface area contributed by atoms with Gasteiger partial charge in [0.2, 0.25) is 5.91 Å². The van der Waals surface area contributed by atoms with Crippen LogP contribution in [0, 0.1) is 12.8 Å². The van der Waals surface area contributed by atoms with E-state index < -0.39 is 6.04 Å². The molecule has 0 aliphatic carbocycles. The number of nitrogens with one attached hydrogen (secondary N) is 2. The third kappa shape index (κ3) is 6.48. The van der Waals surface area contributed by atoms with Gasteiger partial charge in [-0.1, -0.05) is 44.0 Å². The summed E-state index contributed by atoms with van der Waals surface area (Å²) in [5.41, 5.74) is 2.98. The zero-order chi connectivity index (χ0) is 22.2. The van der Waals surface area contributed by atoms with Gasteiger partial charge in [-0.25, -0.2) is 0 Å². The van der Waals surface area contributed by atoms with Gasteiger partial charge in [0.1, 0.15) is 11.8 Å². The fourth-order valence-electron chi connectivity index (χ4n) is 3.68. The molecule has 0 radical (unpaired) electrons. The van der Waals surface area contributed by atoms with Crippen LogP contribution >= 0.6 is 0 Å². The summed E-state index contributed by atoms with van der Waals surface area (Å²) in [6, 6.07) is 14.8. The topological polar surface area (TPSA) is 70.7 Å². The minimum absolute atomic E-state index is 0.00918. The molecule has 1 aliphatic rings. The third-order valence-electron chi connectivity index (χ3n) is 5.79. The molecule has 0 unspecified atom stereocenters. The smallest absolute Gasteiger partial charge is 0.258 e. The number of carbonyl (C=O) groups is 2. The number of nitrogens with zero attached hydrogens (tertiary/aromatic N) is 1. The summed E-state index contributed by atoms with van der Waals surface area (Å²) < 4.78 is 5.56. The average Bonchev–Trinajstić information content (AvgIpc) is 3.32. The van der Waals surface area contributed by atoms with E-state index in [2.05, 4.69) is 21.6 Å². The lowest BCUT2D eigenvalue weighted by Crippen LogP contribution is -2.49. The number of hydrogen-bond donors (Lipinski definition) is 2. The summed E-state index contributed by atoms with van der Waals surface area (Å²) >= 11 is 0. The van der Waals surface area contributed by atoms with Crippen molar-refractivity contribution < 1.29 is 14.3 Å². The number of benzene rings is 2. The monoisotopic (exact) mass is 423 g/mol. The lowest BCUT2D eigenvalue weighted by atomic mass is 9.98. The van der Waals surface area contributed by atoms with Crippen LogP contribution in [-0.4, -0.2) is 37.6 Å². The second-order valence-electron chi connectivity index (χ2n) is 8.27. The van der Waals surface area contributed by atoms with E-state index in [0.717, 1.165) is 36.4 Å². The third-order valence-corrected chi connectivity index (χ3v) is 5.79. The summed E-state index contributed by atoms with van der Waals surface area (Å²) in [4.78, 5) is 27.8. The van der Waals surface area contributed by atoms with E-state index in [1.165, 1.54) is 12.8 Å². The molecule has 2 aromatic rings. The van der Waals surface area contributed by atoms with Gasteiger partial charge in [-0.15, -0.1) is 0 Å². The lowest BCUT2D eigenvalue weighted by Gasteiger charge is -2.24. The molecule has 0 aromatic heterocycles. The Morgan fingerprint density at radius 2 is 1.81 bits per heavy atom. The molecule has 1 fully saturated rings. The first-order valence-electron chi connectivity index (χ1n) is 11.1. The van der Waals surface area contributed by atoms with Crippen molar-refractivity contribution in [2.75, 3.05) is 29.9 Å². The van der Waals surface area contributed by atoms with Gasteiger partial charge in [0.05, 0.1) is 0 Å². The normalized spacial score (nSPS) is 15.3. The SMILES string of the molecule is CC[C@H](C)[C@@H](NC(=O)COc1ccc(C)cc1)C(=O)Nc1cccc(N2CCCC2)c1. The van der Waals surface area contributed by atoms with E-state index in [4.69, 9.17) is 4.74 Å². The van der Waals surface area contributed by atoms with Gasteiger partial charge in [-0.2, -0.15) is 0 Å². The molecule has 0 bridgehead atoms. The summed E-state index contributed by atoms with van der Waals surface area (Å²) in [5.74, 6) is 0.0950. The van der Waals surface area contributed by atoms with Crippen molar-refractivity contribution in [3.05, 3.63) is 54.1 Å². The number of anilines is 2. The maximum atomic E-state index is 13.0. The zero-order valence-electron chi connectivity index (χ0n) is 18.7. The molecule has 2 atom stereocenters. The fourth-order valence-corrected chi connectivity index (χ4v) is 3.68. The molecule has 0 saturated carbocycles. The van der Waals surface area contributed by atoms with E-state index in [-0.39, 0.29) is 24.3 Å². The van der Waals surface area contributed by atoms with Gasteiger partial charge in [-0.3, -0.25) is 9.59 Å². The van der Waals surface area contributed by atoms with Crippen LogP contribution in [0.15, 0.2) is 48.5 Å². The summed E-state index contributed by atoms with van der Waals surface area (Å²) in [7, 11) is 0. The Morgan fingerprint density at radius 3 is 2.48 bits per heavy atom. The number of hydrogen-bond acceptors (Lipinski definition) is 4. The maximum Gasteiger partial charge on any atom is 0.258 e. The standard InChI is InChI=1S/C25H33N3O3/c1-4-19(3)24(27-23(29)17-31-22-12-10-18(2)11-13-22)25(30)26-20-8-7-9-21(16-20)28-14-5-6-15-28/h7-13,16,19,24H,4-6,14-15,17H2,1-3H3,(H,26,30)(H,27,29)/t19-,24+/m0/s1. The van der Waals surface area contributed by atoms with Gasteiger partial charge in [0.15, 0.2) is 6.61 Å². The number of aryl methyl sites for hydroxylation is 1. The van der Waals surface area contributed by atoms with Crippen LogP contribution in [0.2, 0.25) is 0 Å². The van der Waals surface area contributed by atoms with E-state index in [1.807, 2.05) is 63.2 Å². The van der Waals surface area contributed by atoms with Crippen molar-refractivity contribution in [3.8, 4) is 5.75 Å². The number of rotatable bonds is 9. The molecule has 2 N–H and O–H groups in total. The van der Waals surface area contributed by atoms with Crippen molar-refractivity contribution in [1.82, 2.24) is 5.32 Å². The first-order valence-corrected chi connectivity index (χ1v) is 11.1. The van der Waals surface area contributed by atoms with E-state index in [9.17, 15) is 9.59 Å². The van der Waals surface area contributed by atoms with Crippen LogP contribution in [0.1, 0.15) is 38.7 Å². The Morgan fingerprint density at radius 1 is 1.10 bits per heavy atom. The Balaban J connectivity index is 1.60. The van der Waals surface area contributed by atoms with Gasteiger partial charge in [0.25, 0.3) is 5.91 Å². The molecule has 6 heteroatoms. The fraction of sp³-hybridized carbons (Fsp3) is 0.440. The minimum atomic E-state index is -0.630. The van der Waals surface area contributed by atoms with Gasteiger partial charge >= 0.3 is 0 Å². The predicted molar refractivity (Wildman–Crippen MR) is 125 cm³/mol. The van der Waals surface area contributed by atoms with Crippen LogP contribution in [0.25, 0.3) is 0 Å². The van der Waals surface area contributed by atoms with Gasteiger partial charge in [0, 0.05) is 24.5 Å². The average molecular weight is 424 g/mol. The van der Waals surface area contributed by atoms with Crippen molar-refractivity contribution in [3.63, 3.8) is 0 Å². The largest absolute Gasteiger partial charge is 0.484 e. The molecule has 2 amide bonds. The van der Waals surface area contributed by atoms with Gasteiger partial charge in [-0.05, 0) is 56.0 Å². The van der Waals surface area contributed by atoms with Crippen LogP contribution in [-0.2, 0) is 9.59 Å². The maximum absolute atomic E-state index is 13.0. The molecular formula is C25H33N3O3. The number of amides is 2. The molecular weight excluding hydrogens is 390 g/mol. The minimum Gasteiger partial charge on any atom is -0.484 e. The zero-order valence-corrected chi connectivity index (χ0v) is 18.7. The quantitative estimate of drug-likeness (QED) is 0.636. The van der Waals surface area contributed by atoms with Crippen molar-refractivity contribution in [2.24, 2.45) is 5.92 Å². The van der Waals surface area contributed by atoms with Crippen molar-refractivity contribution >= 4 is 23.2 Å². The number of carbonyl (C=O) groups excluding carboxylic acids is 2. The predicted octanol–water partition coefficient (Wildman–Crippen LogP) is 4.14. The first kappa shape index (κ1) is 22.7. The molecule has 0 spiro atoms. The van der Waals surface area contributed by atoms with Crippen LogP contribution < -0.4 is 20.3 Å². The number of ether oxygens (including phenoxy) is 1. The molecule has 6 nitrogen and oxygen atoms in total. The van der Waals surface area contributed by atoms with Crippen LogP contribution in [0.3, 0.4) is 0 Å². The van der Waals surface area contributed by atoms with Crippen molar-refractivity contribution in [1.29, 1.82) is 0 Å². The highest BCUT2D eigenvalue weighted by atomic mass is 16.5. The second-order valence-corrected chi connectivity index (χ2v) is 8.27. The summed E-state index contributed by atoms with van der Waals surface area (Å²) in [6.45, 7) is 7.92. The van der Waals surface area contributed by atoms with E-state index >= 15 is 0 Å². The highest BCUT2D eigenvalue weighted by molar-refractivity contribution is 5.97. The van der Waals surface area contributed by atoms with Gasteiger partial charge < -0.3 is 20.3 Å². The second kappa shape index (κ2) is 10.8. The molecule has 3 rings (SSSR count). The molecule has 1 heterocycles. The molecule has 31 heavy (non-hydrogen) atoms. The molecule has 2 aromatic carbocycles. The van der Waals surface area contributed by atoms with E-state index in [0.29, 0.717) is 5.75 Å². The summed E-state index contributed by atoms with van der Waals surface area (Å²) in [5, 5.41) is 5.84. The Hall–Kier alpha value is -3.02. The molecule has 1 saturated heterocycles. The highest BCUT2D eigenvalue weighted by Gasteiger charge is 2.26. The molecule has 1 aliphatic heterocycles. The Labute approximate surface area is 185 Å². The van der Waals surface area contributed by atoms with E-state index in [1.54, 1.807) is 0 Å². The Kier molecular flexibility index (Phi) is 7.93. The van der Waals surface area contributed by atoms with Crippen LogP contribution in [0.4, 0.5) is 11.4 Å². The summed E-state index contributed by atoms with van der Waals surface area (Å²) in [6.07, 6.45) is 3.16. The van der Waals surface area contributed by atoms with Crippen LogP contribution in [0.5, 0.6) is 5.75 Å². The van der Waals surface area contributed by atoms with Crippen molar-refractivity contribution in [2.45, 2.75) is 46.1 Å². The first-order chi connectivity index (χ1) is 15.0. The highest BCUT2D eigenvalue weighted by Crippen LogP contribution is 2.24. The molecule has 166 valence electrons.